The van der Waals surface area contributed by atoms with Gasteiger partial charge in [0.2, 0.25) is 0 Å². The molecule has 0 aromatic heterocycles. The highest BCUT2D eigenvalue weighted by molar-refractivity contribution is 5.98. The molecule has 0 N–H and O–H groups in total. The minimum Gasteiger partial charge on any atom is -0.496 e. The van der Waals surface area contributed by atoms with E-state index < -0.39 is 11.9 Å². The van der Waals surface area contributed by atoms with Crippen LogP contribution in [0.4, 0.5) is 0 Å². The maximum atomic E-state index is 12.7. The predicted molar refractivity (Wildman–Crippen MR) is 102 cm³/mol. The summed E-state index contributed by atoms with van der Waals surface area (Å²) < 4.78 is 22.8. The standard InChI is InChI=1S/C22H24O5/c1-15-12-19(26-14-16-8-6-5-7-9-16)17(13-18(15)24-3)22(2)20(23)10-11-21(25-4)27-22/h5-13,21H,14H2,1-4H3/t21-,22+/m1/s1. The third-order valence-electron chi connectivity index (χ3n) is 4.71. The first-order valence-corrected chi connectivity index (χ1v) is 8.77. The van der Waals surface area contributed by atoms with E-state index in [1.165, 1.54) is 13.2 Å². The van der Waals surface area contributed by atoms with Gasteiger partial charge < -0.3 is 18.9 Å². The molecule has 0 saturated heterocycles. The second-order valence-electron chi connectivity index (χ2n) is 6.57. The summed E-state index contributed by atoms with van der Waals surface area (Å²) in [6.45, 7) is 4.04. The third-order valence-corrected chi connectivity index (χ3v) is 4.71. The number of benzene rings is 2. The van der Waals surface area contributed by atoms with E-state index in [0.29, 0.717) is 23.7 Å². The number of aryl methyl sites for hydroxylation is 1. The monoisotopic (exact) mass is 368 g/mol. The summed E-state index contributed by atoms with van der Waals surface area (Å²) in [6, 6.07) is 13.5. The highest BCUT2D eigenvalue weighted by Gasteiger charge is 2.42. The van der Waals surface area contributed by atoms with Crippen molar-refractivity contribution in [2.24, 2.45) is 0 Å². The Kier molecular flexibility index (Phi) is 5.63. The Bertz CT molecular complexity index is 843. The van der Waals surface area contributed by atoms with Gasteiger partial charge >= 0.3 is 0 Å². The molecule has 2 aromatic rings. The van der Waals surface area contributed by atoms with Gasteiger partial charge in [0.1, 0.15) is 18.1 Å². The molecular formula is C22H24O5. The van der Waals surface area contributed by atoms with E-state index in [9.17, 15) is 4.79 Å². The summed E-state index contributed by atoms with van der Waals surface area (Å²) in [4.78, 5) is 12.7. The number of hydrogen-bond acceptors (Lipinski definition) is 5. The van der Waals surface area contributed by atoms with Crippen LogP contribution in [0.15, 0.2) is 54.6 Å². The first-order valence-electron chi connectivity index (χ1n) is 8.77. The van der Waals surface area contributed by atoms with Crippen molar-refractivity contribution in [3.05, 3.63) is 71.3 Å². The Morgan fingerprint density at radius 2 is 1.85 bits per heavy atom. The van der Waals surface area contributed by atoms with Crippen LogP contribution in [0.5, 0.6) is 11.5 Å². The zero-order valence-corrected chi connectivity index (χ0v) is 16.0. The quantitative estimate of drug-likeness (QED) is 0.773. The maximum absolute atomic E-state index is 12.7. The Hall–Kier alpha value is -2.63. The number of carbonyl (C=O) groups excluding carboxylic acids is 1. The van der Waals surface area contributed by atoms with Gasteiger partial charge in [-0.15, -0.1) is 0 Å². The average molecular weight is 368 g/mol. The van der Waals surface area contributed by atoms with Crippen molar-refractivity contribution in [2.45, 2.75) is 32.3 Å². The van der Waals surface area contributed by atoms with E-state index in [-0.39, 0.29) is 5.78 Å². The van der Waals surface area contributed by atoms with Crippen molar-refractivity contribution in [1.82, 2.24) is 0 Å². The highest BCUT2D eigenvalue weighted by atomic mass is 16.7. The van der Waals surface area contributed by atoms with Gasteiger partial charge in [-0.3, -0.25) is 4.79 Å². The van der Waals surface area contributed by atoms with Crippen molar-refractivity contribution in [3.8, 4) is 11.5 Å². The molecule has 0 bridgehead atoms. The van der Waals surface area contributed by atoms with Crippen molar-refractivity contribution >= 4 is 5.78 Å². The van der Waals surface area contributed by atoms with E-state index in [0.717, 1.165) is 11.1 Å². The fraction of sp³-hybridized carbons (Fsp3) is 0.318. The molecule has 0 unspecified atom stereocenters. The molecule has 5 heteroatoms. The summed E-state index contributed by atoms with van der Waals surface area (Å²) in [5.41, 5.74) is 1.32. The number of ether oxygens (including phenoxy) is 4. The van der Waals surface area contributed by atoms with Crippen LogP contribution < -0.4 is 9.47 Å². The predicted octanol–water partition coefficient (Wildman–Crippen LogP) is 3.93. The third kappa shape index (κ3) is 3.89. The summed E-state index contributed by atoms with van der Waals surface area (Å²) in [6.07, 6.45) is 2.48. The Morgan fingerprint density at radius 1 is 1.11 bits per heavy atom. The molecule has 2 atom stereocenters. The van der Waals surface area contributed by atoms with Crippen LogP contribution in [0.25, 0.3) is 0 Å². The number of rotatable bonds is 6. The molecule has 5 nitrogen and oxygen atoms in total. The fourth-order valence-electron chi connectivity index (χ4n) is 3.09. The second-order valence-corrected chi connectivity index (χ2v) is 6.57. The lowest BCUT2D eigenvalue weighted by molar-refractivity contribution is -0.186. The Labute approximate surface area is 159 Å². The van der Waals surface area contributed by atoms with Crippen molar-refractivity contribution in [2.75, 3.05) is 14.2 Å². The van der Waals surface area contributed by atoms with Crippen LogP contribution in [0.2, 0.25) is 0 Å². The Balaban J connectivity index is 2.01. The van der Waals surface area contributed by atoms with Gasteiger partial charge in [0.05, 0.1) is 7.11 Å². The van der Waals surface area contributed by atoms with E-state index in [1.807, 2.05) is 43.3 Å². The lowest BCUT2D eigenvalue weighted by atomic mass is 9.87. The van der Waals surface area contributed by atoms with Crippen LogP contribution in [0, 0.1) is 6.92 Å². The number of methoxy groups -OCH3 is 2. The number of carbonyl (C=O) groups is 1. The molecule has 142 valence electrons. The smallest absolute Gasteiger partial charge is 0.191 e. The average Bonchev–Trinajstić information content (AvgIpc) is 2.69. The molecular weight excluding hydrogens is 344 g/mol. The lowest BCUT2D eigenvalue weighted by Crippen LogP contribution is -2.41. The lowest BCUT2D eigenvalue weighted by Gasteiger charge is -2.35. The van der Waals surface area contributed by atoms with Gasteiger partial charge in [-0.25, -0.2) is 0 Å². The topological polar surface area (TPSA) is 54.0 Å². The first-order chi connectivity index (χ1) is 13.0. The van der Waals surface area contributed by atoms with Crippen LogP contribution in [-0.4, -0.2) is 26.3 Å². The number of hydrogen-bond donors (Lipinski definition) is 0. The van der Waals surface area contributed by atoms with Crippen LogP contribution >= 0.6 is 0 Å². The fourth-order valence-corrected chi connectivity index (χ4v) is 3.09. The molecule has 1 aliphatic heterocycles. The van der Waals surface area contributed by atoms with Gasteiger partial charge in [-0.05, 0) is 49.3 Å². The van der Waals surface area contributed by atoms with Crippen molar-refractivity contribution in [1.29, 1.82) is 0 Å². The van der Waals surface area contributed by atoms with Crippen LogP contribution in [0.1, 0.15) is 23.6 Å². The van der Waals surface area contributed by atoms with Crippen LogP contribution in [-0.2, 0) is 26.5 Å². The largest absolute Gasteiger partial charge is 0.496 e. The minimum absolute atomic E-state index is 0.175. The SMILES string of the molecule is COc1cc([C@]2(C)O[C@@H](OC)C=CC2=O)c(OCc2ccccc2)cc1C. The highest BCUT2D eigenvalue weighted by Crippen LogP contribution is 2.41. The summed E-state index contributed by atoms with van der Waals surface area (Å²) in [5.74, 6) is 1.07. The minimum atomic E-state index is -1.23. The van der Waals surface area contributed by atoms with Gasteiger partial charge in [0.15, 0.2) is 17.7 Å². The van der Waals surface area contributed by atoms with E-state index in [1.54, 1.807) is 26.2 Å². The first kappa shape index (κ1) is 19.1. The molecule has 0 fully saturated rings. The molecule has 1 aliphatic rings. The molecule has 3 rings (SSSR count). The van der Waals surface area contributed by atoms with E-state index in [2.05, 4.69) is 0 Å². The van der Waals surface area contributed by atoms with E-state index in [4.69, 9.17) is 18.9 Å². The van der Waals surface area contributed by atoms with Crippen molar-refractivity contribution < 1.29 is 23.7 Å². The molecule has 0 amide bonds. The summed E-state index contributed by atoms with van der Waals surface area (Å²) in [5, 5.41) is 0. The van der Waals surface area contributed by atoms with Gasteiger partial charge in [-0.2, -0.15) is 0 Å². The molecule has 0 saturated carbocycles. The summed E-state index contributed by atoms with van der Waals surface area (Å²) in [7, 11) is 3.13. The molecule has 2 aromatic carbocycles. The zero-order chi connectivity index (χ0) is 19.4. The molecule has 27 heavy (non-hydrogen) atoms. The molecule has 0 spiro atoms. The zero-order valence-electron chi connectivity index (χ0n) is 16.0. The van der Waals surface area contributed by atoms with E-state index >= 15 is 0 Å². The molecule has 0 radical (unpaired) electrons. The normalized spacial score (nSPS) is 21.9. The maximum Gasteiger partial charge on any atom is 0.191 e. The van der Waals surface area contributed by atoms with Crippen LogP contribution in [0.3, 0.4) is 0 Å². The Morgan fingerprint density at radius 3 is 2.52 bits per heavy atom. The second kappa shape index (κ2) is 7.94. The van der Waals surface area contributed by atoms with Crippen molar-refractivity contribution in [3.63, 3.8) is 0 Å². The molecule has 0 aliphatic carbocycles. The van der Waals surface area contributed by atoms with Gasteiger partial charge in [0, 0.05) is 12.7 Å². The summed E-state index contributed by atoms with van der Waals surface area (Å²) >= 11 is 0. The van der Waals surface area contributed by atoms with Gasteiger partial charge in [-0.1, -0.05) is 30.3 Å². The van der Waals surface area contributed by atoms with Gasteiger partial charge in [0.25, 0.3) is 0 Å². The molecule has 1 heterocycles. The number of ketones is 1.